The van der Waals surface area contributed by atoms with Crippen molar-refractivity contribution in [2.75, 3.05) is 0 Å². The second kappa shape index (κ2) is 6.60. The second-order valence-corrected chi connectivity index (χ2v) is 8.86. The highest BCUT2D eigenvalue weighted by Gasteiger charge is 2.17. The maximum absolute atomic E-state index is 11.3. The number of hydrogen-bond acceptors (Lipinski definition) is 2. The number of hydrogen-bond donors (Lipinski definition) is 0. The molecule has 0 atom stereocenters. The fourth-order valence-electron chi connectivity index (χ4n) is 1.79. The van der Waals surface area contributed by atoms with Gasteiger partial charge in [-0.2, -0.15) is 0 Å². The van der Waals surface area contributed by atoms with E-state index in [1.165, 1.54) is 7.14 Å². The Morgan fingerprint density at radius 3 is 1.81 bits per heavy atom. The van der Waals surface area contributed by atoms with E-state index in [4.69, 9.17) is 4.74 Å². The molecule has 21 heavy (non-hydrogen) atoms. The fourth-order valence-corrected chi connectivity index (χ4v) is 3.95. The van der Waals surface area contributed by atoms with Gasteiger partial charge < -0.3 is 4.74 Å². The van der Waals surface area contributed by atoms with E-state index in [9.17, 15) is 4.79 Å². The smallest absolute Gasteiger partial charge is 0.357 e. The van der Waals surface area contributed by atoms with Crippen LogP contribution in [0.4, 0.5) is 0 Å². The fraction of sp³-hybridized carbons (Fsp3) is 0.278. The topological polar surface area (TPSA) is 26.3 Å². The first kappa shape index (κ1) is 16.0. The number of carbonyl (C=O) groups excluding carboxylic acids is 1. The number of Topliss-reactive ketones (excluding diaryl/α,β-unsaturated/α-hetero) is 1. The minimum atomic E-state index is -0.218. The zero-order chi connectivity index (χ0) is 15.5. The van der Waals surface area contributed by atoms with E-state index in [0.717, 1.165) is 11.3 Å². The first-order chi connectivity index (χ1) is 9.83. The van der Waals surface area contributed by atoms with Gasteiger partial charge in [0.05, 0.1) is 0 Å². The van der Waals surface area contributed by atoms with Crippen molar-refractivity contribution in [2.45, 2.75) is 33.3 Å². The predicted molar refractivity (Wildman–Crippen MR) is 80.7 cm³/mol. The third kappa shape index (κ3) is 5.16. The molecule has 3 heteroatoms. The summed E-state index contributed by atoms with van der Waals surface area (Å²) in [5.74, 6) is 1.02. The van der Waals surface area contributed by atoms with Gasteiger partial charge in [0.2, 0.25) is 0 Å². The summed E-state index contributed by atoms with van der Waals surface area (Å²) in [5.41, 5.74) is 0.607. The predicted octanol–water partition coefficient (Wildman–Crippen LogP) is 1.19. The maximum Gasteiger partial charge on any atom is 0.357 e. The van der Waals surface area contributed by atoms with E-state index in [1.807, 2.05) is 45.0 Å². The molecule has 0 fully saturated rings. The van der Waals surface area contributed by atoms with Crippen LogP contribution < -0.4 is 25.9 Å². The summed E-state index contributed by atoms with van der Waals surface area (Å²) in [5, 5.41) is 0. The van der Waals surface area contributed by atoms with Crippen molar-refractivity contribution >= 4 is 5.78 Å². The SMILES string of the molecule is CC(=O)c1ccc([I+]c2ccc(OC(C)(C)C)cc2)cc1. The van der Waals surface area contributed by atoms with Crippen molar-refractivity contribution in [3.8, 4) is 5.75 Å². The molecular formula is C18H20IO2+. The van der Waals surface area contributed by atoms with Crippen molar-refractivity contribution in [3.63, 3.8) is 0 Å². The molecule has 0 N–H and O–H groups in total. The summed E-state index contributed by atoms with van der Waals surface area (Å²) < 4.78 is 8.47. The number of ether oxygens (including phenoxy) is 1. The van der Waals surface area contributed by atoms with Gasteiger partial charge in [-0.15, -0.1) is 0 Å². The van der Waals surface area contributed by atoms with Gasteiger partial charge in [-0.3, -0.25) is 4.79 Å². The van der Waals surface area contributed by atoms with Gasteiger partial charge in [0.25, 0.3) is 0 Å². The molecule has 2 aromatic carbocycles. The summed E-state index contributed by atoms with van der Waals surface area (Å²) in [7, 11) is 0. The molecule has 0 saturated carbocycles. The molecule has 0 spiro atoms. The number of ketones is 1. The van der Waals surface area contributed by atoms with Gasteiger partial charge in [0.1, 0.15) is 11.4 Å². The zero-order valence-electron chi connectivity index (χ0n) is 12.8. The van der Waals surface area contributed by atoms with Gasteiger partial charge in [0.15, 0.2) is 12.9 Å². The van der Waals surface area contributed by atoms with Crippen LogP contribution in [0.2, 0.25) is 0 Å². The van der Waals surface area contributed by atoms with Gasteiger partial charge in [-0.05, 0) is 76.2 Å². The zero-order valence-corrected chi connectivity index (χ0v) is 15.0. The number of benzene rings is 2. The molecule has 0 bridgehead atoms. The monoisotopic (exact) mass is 395 g/mol. The lowest BCUT2D eigenvalue weighted by Gasteiger charge is -2.20. The Labute approximate surface area is 136 Å². The molecule has 0 unspecified atom stereocenters. The first-order valence-corrected chi connectivity index (χ1v) is 9.04. The minimum absolute atomic E-state index is 0.114. The highest BCUT2D eigenvalue weighted by atomic mass is 127. The third-order valence-electron chi connectivity index (χ3n) is 2.71. The third-order valence-corrected chi connectivity index (χ3v) is 5.39. The average molecular weight is 395 g/mol. The Balaban J connectivity index is 2.04. The van der Waals surface area contributed by atoms with Crippen LogP contribution in [0, 0.1) is 7.14 Å². The highest BCUT2D eigenvalue weighted by molar-refractivity contribution is 5.93. The van der Waals surface area contributed by atoms with E-state index in [0.29, 0.717) is 0 Å². The van der Waals surface area contributed by atoms with Gasteiger partial charge in [-0.1, -0.05) is 0 Å². The quantitative estimate of drug-likeness (QED) is 0.575. The van der Waals surface area contributed by atoms with Crippen molar-refractivity contribution in [2.24, 2.45) is 0 Å². The lowest BCUT2D eigenvalue weighted by atomic mass is 10.2. The molecule has 0 aliphatic rings. The minimum Gasteiger partial charge on any atom is -0.488 e. The molecule has 2 rings (SSSR count). The van der Waals surface area contributed by atoms with Crippen LogP contribution in [0.3, 0.4) is 0 Å². The van der Waals surface area contributed by atoms with Crippen molar-refractivity contribution in [3.05, 3.63) is 61.2 Å². The van der Waals surface area contributed by atoms with Crippen molar-refractivity contribution in [1.82, 2.24) is 0 Å². The van der Waals surface area contributed by atoms with E-state index in [-0.39, 0.29) is 32.6 Å². The van der Waals surface area contributed by atoms with Crippen LogP contribution >= 0.6 is 0 Å². The second-order valence-electron chi connectivity index (χ2n) is 5.83. The van der Waals surface area contributed by atoms with Crippen LogP contribution in [0.25, 0.3) is 0 Å². The molecule has 110 valence electrons. The summed E-state index contributed by atoms with van der Waals surface area (Å²) in [6.45, 7) is 7.73. The summed E-state index contributed by atoms with van der Waals surface area (Å²) in [4.78, 5) is 11.3. The Morgan fingerprint density at radius 1 is 0.905 bits per heavy atom. The van der Waals surface area contributed by atoms with Crippen LogP contribution in [0.5, 0.6) is 5.75 Å². The van der Waals surface area contributed by atoms with Crippen LogP contribution in [-0.2, 0) is 0 Å². The summed E-state index contributed by atoms with van der Waals surface area (Å²) in [6.07, 6.45) is 0. The molecule has 2 nitrogen and oxygen atoms in total. The lowest BCUT2D eigenvalue weighted by Crippen LogP contribution is -3.61. The largest absolute Gasteiger partial charge is 0.488 e. The number of halogens is 1. The van der Waals surface area contributed by atoms with Gasteiger partial charge in [-0.25, -0.2) is 0 Å². The molecule has 0 aliphatic heterocycles. The van der Waals surface area contributed by atoms with Crippen LogP contribution in [0.15, 0.2) is 48.5 Å². The Bertz CT molecular complexity index is 607. The van der Waals surface area contributed by atoms with Crippen LogP contribution in [-0.4, -0.2) is 11.4 Å². The normalized spacial score (nSPS) is 11.2. The molecule has 0 heterocycles. The lowest BCUT2D eigenvalue weighted by molar-refractivity contribution is -0.597. The summed E-state index contributed by atoms with van der Waals surface area (Å²) in [6, 6.07) is 16.3. The summed E-state index contributed by atoms with van der Waals surface area (Å²) >= 11 is -0.218. The van der Waals surface area contributed by atoms with E-state index in [2.05, 4.69) is 24.3 Å². The highest BCUT2D eigenvalue weighted by Crippen LogP contribution is 2.16. The molecule has 0 aromatic heterocycles. The first-order valence-electron chi connectivity index (χ1n) is 6.88. The molecule has 0 saturated heterocycles. The number of rotatable bonds is 4. The van der Waals surface area contributed by atoms with Crippen molar-refractivity contribution < 1.29 is 30.7 Å². The maximum atomic E-state index is 11.3. The molecule has 0 amide bonds. The molecular weight excluding hydrogens is 375 g/mol. The van der Waals surface area contributed by atoms with E-state index in [1.54, 1.807) is 6.92 Å². The van der Waals surface area contributed by atoms with Gasteiger partial charge in [0, 0.05) is 5.56 Å². The Kier molecular flexibility index (Phi) is 5.04. The van der Waals surface area contributed by atoms with Crippen molar-refractivity contribution in [1.29, 1.82) is 0 Å². The Morgan fingerprint density at radius 2 is 1.38 bits per heavy atom. The van der Waals surface area contributed by atoms with Gasteiger partial charge >= 0.3 is 21.2 Å². The standard InChI is InChI=1S/C18H20IO2/c1-13(20)14-5-7-15(8-6-14)19-16-9-11-17(12-10-16)21-18(2,3)4/h5-12H,1-4H3/q+1. The molecule has 0 radical (unpaired) electrons. The Hall–Kier alpha value is -1.36. The van der Waals surface area contributed by atoms with Crippen LogP contribution in [0.1, 0.15) is 38.1 Å². The molecule has 2 aromatic rings. The van der Waals surface area contributed by atoms with E-state index < -0.39 is 0 Å². The number of carbonyl (C=O) groups is 1. The average Bonchev–Trinajstić information content (AvgIpc) is 2.40. The van der Waals surface area contributed by atoms with E-state index >= 15 is 0 Å². The molecule has 0 aliphatic carbocycles.